The van der Waals surface area contributed by atoms with Crippen LogP contribution in [0.15, 0.2) is 15.7 Å². The molecule has 2 heterocycles. The number of aryl methyl sites for hydroxylation is 1. The van der Waals surface area contributed by atoms with Crippen molar-refractivity contribution in [2.24, 2.45) is 5.73 Å². The Balaban J connectivity index is 1.76. The summed E-state index contributed by atoms with van der Waals surface area (Å²) in [5, 5.41) is 10.4. The van der Waals surface area contributed by atoms with E-state index in [0.717, 1.165) is 12.8 Å². The monoisotopic (exact) mass is 439 g/mol. The molecule has 5 rings (SSSR count). The molecule has 0 amide bonds. The molecule has 3 aliphatic carbocycles. The number of nitrogens with one attached hydrogen (secondary N) is 1. The van der Waals surface area contributed by atoms with E-state index in [2.05, 4.69) is 4.98 Å². The maximum absolute atomic E-state index is 15.5. The molecule has 4 N–H and O–H groups in total. The minimum Gasteiger partial charge on any atom is -0.399 e. The number of fused-ring (bicyclic) bond motifs is 2. The molecule has 2 aromatic heterocycles. The summed E-state index contributed by atoms with van der Waals surface area (Å²) in [7, 11) is 0. The number of halogens is 3. The molecule has 0 saturated heterocycles. The number of alkyl halides is 3. The molecule has 3 aliphatic rings. The molecular formula is C20H20F3N3O3S. The Kier molecular flexibility index (Phi) is 4.14. The smallest absolute Gasteiger partial charge is 0.329 e. The Hall–Kier alpha value is -2.33. The van der Waals surface area contributed by atoms with Gasteiger partial charge in [-0.3, -0.25) is 14.3 Å². The maximum Gasteiger partial charge on any atom is 0.329 e. The van der Waals surface area contributed by atoms with Gasteiger partial charge in [0, 0.05) is 27.8 Å². The van der Waals surface area contributed by atoms with E-state index in [-0.39, 0.29) is 28.9 Å². The zero-order valence-electron chi connectivity index (χ0n) is 16.0. The molecule has 10 heteroatoms. The first-order chi connectivity index (χ1) is 14.1. The van der Waals surface area contributed by atoms with Crippen LogP contribution in [0.5, 0.6) is 0 Å². The fourth-order valence-electron chi connectivity index (χ4n) is 4.62. The summed E-state index contributed by atoms with van der Waals surface area (Å²) in [5.41, 5.74) is 5.05. The highest BCUT2D eigenvalue weighted by atomic mass is 32.1. The molecule has 0 bridgehead atoms. The maximum atomic E-state index is 15.5. The van der Waals surface area contributed by atoms with E-state index >= 15 is 4.39 Å². The molecule has 0 spiro atoms. The van der Waals surface area contributed by atoms with E-state index in [9.17, 15) is 23.5 Å². The van der Waals surface area contributed by atoms with Crippen molar-refractivity contribution in [3.63, 3.8) is 0 Å². The van der Waals surface area contributed by atoms with Gasteiger partial charge < -0.3 is 10.8 Å². The summed E-state index contributed by atoms with van der Waals surface area (Å²) in [5.74, 6) is -4.15. The van der Waals surface area contributed by atoms with Crippen molar-refractivity contribution in [1.29, 1.82) is 0 Å². The van der Waals surface area contributed by atoms with E-state index in [4.69, 9.17) is 5.73 Å². The molecule has 1 saturated carbocycles. The molecule has 3 unspecified atom stereocenters. The second-order valence-electron chi connectivity index (χ2n) is 8.29. The van der Waals surface area contributed by atoms with Gasteiger partial charge in [-0.1, -0.05) is 0 Å². The number of thiophene rings is 1. The van der Waals surface area contributed by atoms with Gasteiger partial charge in [0.1, 0.15) is 6.10 Å². The number of aliphatic hydroxyl groups is 1. The van der Waals surface area contributed by atoms with Crippen molar-refractivity contribution < 1.29 is 18.3 Å². The summed E-state index contributed by atoms with van der Waals surface area (Å²) in [6.45, 7) is 1.64. The van der Waals surface area contributed by atoms with Crippen LogP contribution in [0.25, 0.3) is 11.3 Å². The highest BCUT2D eigenvalue weighted by molar-refractivity contribution is 7.12. The fourth-order valence-corrected chi connectivity index (χ4v) is 6.00. The van der Waals surface area contributed by atoms with Gasteiger partial charge in [0.15, 0.2) is 6.17 Å². The lowest BCUT2D eigenvalue weighted by Crippen LogP contribution is -2.59. The minimum atomic E-state index is -3.23. The van der Waals surface area contributed by atoms with Crippen LogP contribution in [0.1, 0.15) is 59.6 Å². The van der Waals surface area contributed by atoms with Gasteiger partial charge in [-0.15, -0.1) is 11.3 Å². The van der Waals surface area contributed by atoms with Crippen molar-refractivity contribution >= 4 is 22.6 Å². The molecule has 3 atom stereocenters. The average Bonchev–Trinajstić information content (AvgIpc) is 3.41. The van der Waals surface area contributed by atoms with Crippen LogP contribution in [0.2, 0.25) is 0 Å². The SMILES string of the molecule is CC1=c2c(c(=O)[nH]c(=O)n2C2CC2)=C(N)C(F)C1c1cc2c(s1)CCC(F)(F)C2O. The molecular weight excluding hydrogens is 419 g/mol. The largest absolute Gasteiger partial charge is 0.399 e. The van der Waals surface area contributed by atoms with Crippen LogP contribution >= 0.6 is 11.3 Å². The zero-order chi connectivity index (χ0) is 21.5. The Morgan fingerprint density at radius 3 is 2.70 bits per heavy atom. The van der Waals surface area contributed by atoms with Crippen molar-refractivity contribution in [2.45, 2.75) is 62.8 Å². The molecule has 6 nitrogen and oxygen atoms in total. The number of aromatic nitrogens is 2. The molecule has 160 valence electrons. The summed E-state index contributed by atoms with van der Waals surface area (Å²) in [4.78, 5) is 28.2. The predicted molar refractivity (Wildman–Crippen MR) is 106 cm³/mol. The van der Waals surface area contributed by atoms with E-state index in [1.54, 1.807) is 6.92 Å². The Morgan fingerprint density at radius 1 is 1.33 bits per heavy atom. The first-order valence-electron chi connectivity index (χ1n) is 9.79. The van der Waals surface area contributed by atoms with E-state index < -0.39 is 41.8 Å². The van der Waals surface area contributed by atoms with Crippen molar-refractivity contribution in [1.82, 2.24) is 9.55 Å². The highest BCUT2D eigenvalue weighted by Gasteiger charge is 2.45. The second-order valence-corrected chi connectivity index (χ2v) is 9.46. The first-order valence-corrected chi connectivity index (χ1v) is 10.6. The van der Waals surface area contributed by atoms with Crippen molar-refractivity contribution in [3.05, 3.63) is 52.8 Å². The number of rotatable bonds is 2. The third-order valence-electron chi connectivity index (χ3n) is 6.32. The fraction of sp³-hybridized carbons (Fsp3) is 0.500. The highest BCUT2D eigenvalue weighted by Crippen LogP contribution is 2.48. The molecule has 1 fully saturated rings. The van der Waals surface area contributed by atoms with Crippen LogP contribution in [-0.4, -0.2) is 26.8 Å². The van der Waals surface area contributed by atoms with E-state index in [1.807, 2.05) is 0 Å². The van der Waals surface area contributed by atoms with Crippen molar-refractivity contribution in [3.8, 4) is 0 Å². The number of hydrogen-bond donors (Lipinski definition) is 3. The van der Waals surface area contributed by atoms with Gasteiger partial charge in [-0.2, -0.15) is 0 Å². The molecule has 30 heavy (non-hydrogen) atoms. The topological polar surface area (TPSA) is 101 Å². The Bertz CT molecular complexity index is 1310. The number of aromatic amines is 1. The second kappa shape index (κ2) is 6.34. The summed E-state index contributed by atoms with van der Waals surface area (Å²) >= 11 is 1.17. The van der Waals surface area contributed by atoms with E-state index in [0.29, 0.717) is 20.7 Å². The first kappa shape index (κ1) is 19.6. The van der Waals surface area contributed by atoms with Crippen LogP contribution in [0.4, 0.5) is 13.2 Å². The van der Waals surface area contributed by atoms with Crippen LogP contribution < -0.4 is 27.6 Å². The third-order valence-corrected chi connectivity index (χ3v) is 7.62. The van der Waals surface area contributed by atoms with E-state index in [1.165, 1.54) is 22.0 Å². The minimum absolute atomic E-state index is 0.0318. The number of nitrogens with two attached hydrogens (primary N) is 1. The molecule has 0 radical (unpaired) electrons. The number of aliphatic hydroxyl groups excluding tert-OH is 1. The normalized spacial score (nSPS) is 27.7. The summed E-state index contributed by atoms with van der Waals surface area (Å²) in [6.07, 6.45) is -2.53. The zero-order valence-corrected chi connectivity index (χ0v) is 16.9. The van der Waals surface area contributed by atoms with Gasteiger partial charge in [0.2, 0.25) is 0 Å². The number of hydrogen-bond acceptors (Lipinski definition) is 5. The molecule has 2 aromatic rings. The average molecular weight is 439 g/mol. The van der Waals surface area contributed by atoms with Gasteiger partial charge in [-0.25, -0.2) is 18.0 Å². The summed E-state index contributed by atoms with van der Waals surface area (Å²) in [6, 6.07) is 1.34. The lowest BCUT2D eigenvalue weighted by atomic mass is 9.85. The third kappa shape index (κ3) is 2.66. The van der Waals surface area contributed by atoms with Gasteiger partial charge in [0.25, 0.3) is 11.5 Å². The Morgan fingerprint density at radius 2 is 2.03 bits per heavy atom. The van der Waals surface area contributed by atoms with Crippen LogP contribution in [0, 0.1) is 0 Å². The number of nitrogens with zero attached hydrogens (tertiary/aromatic N) is 1. The Labute approximate surface area is 172 Å². The lowest BCUT2D eigenvalue weighted by molar-refractivity contribution is -0.121. The lowest BCUT2D eigenvalue weighted by Gasteiger charge is -2.27. The van der Waals surface area contributed by atoms with Crippen LogP contribution in [-0.2, 0) is 6.42 Å². The quantitative estimate of drug-likeness (QED) is 0.648. The van der Waals surface area contributed by atoms with Gasteiger partial charge in [0.05, 0.1) is 22.2 Å². The molecule has 0 aliphatic heterocycles. The summed E-state index contributed by atoms with van der Waals surface area (Å²) < 4.78 is 44.8. The molecule has 0 aromatic carbocycles. The standard InChI is InChI=1S/C20H20F3N3O3S/c1-7-12(11-6-9-10(30-11)4-5-20(22,23)17(9)27)14(21)15(24)13-16(7)26(8-2-3-8)19(29)25-18(13)28/h6,8,12,14,17,27H,2-5,24H2,1H3,(H,25,28,29). The van der Waals surface area contributed by atoms with Crippen molar-refractivity contribution in [2.75, 3.05) is 0 Å². The van der Waals surface area contributed by atoms with Crippen LogP contribution in [0.3, 0.4) is 0 Å². The number of H-pyrrole nitrogens is 1. The van der Waals surface area contributed by atoms with Gasteiger partial charge >= 0.3 is 5.69 Å². The predicted octanol–water partition coefficient (Wildman–Crippen LogP) is 0.921. The van der Waals surface area contributed by atoms with Gasteiger partial charge in [-0.05, 0) is 37.8 Å².